The van der Waals surface area contributed by atoms with Gasteiger partial charge < -0.3 is 5.32 Å². The molecule has 1 heteroatoms. The molecule has 1 aliphatic rings. The Morgan fingerprint density at radius 2 is 1.94 bits per heavy atom. The third kappa shape index (κ3) is 2.40. The van der Waals surface area contributed by atoms with Crippen LogP contribution in [-0.4, -0.2) is 6.04 Å². The highest BCUT2D eigenvalue weighted by Crippen LogP contribution is 2.35. The highest BCUT2D eigenvalue weighted by Gasteiger charge is 2.31. The van der Waals surface area contributed by atoms with E-state index in [0.717, 1.165) is 18.3 Å². The second-order valence-electron chi connectivity index (χ2n) is 5.33. The summed E-state index contributed by atoms with van der Waals surface area (Å²) in [6, 6.07) is 9.39. The molecule has 1 saturated carbocycles. The molecule has 0 radical (unpaired) electrons. The zero-order valence-electron chi connectivity index (χ0n) is 10.7. The number of hydrogen-bond acceptors (Lipinski definition) is 1. The molecule has 0 aliphatic heterocycles. The number of rotatable bonds is 4. The number of aryl methyl sites for hydroxylation is 1. The van der Waals surface area contributed by atoms with E-state index >= 15 is 0 Å². The number of benzene rings is 1. The minimum atomic E-state index is 0.708. The summed E-state index contributed by atoms with van der Waals surface area (Å²) >= 11 is 0. The molecule has 1 aliphatic carbocycles. The quantitative estimate of drug-likeness (QED) is 0.800. The Morgan fingerprint density at radius 3 is 2.56 bits per heavy atom. The fraction of sp³-hybridized carbons (Fsp3) is 0.600. The van der Waals surface area contributed by atoms with Crippen LogP contribution < -0.4 is 5.32 Å². The van der Waals surface area contributed by atoms with Crippen LogP contribution in [0.3, 0.4) is 0 Å². The summed E-state index contributed by atoms with van der Waals surface area (Å²) in [5.41, 5.74) is 2.78. The summed E-state index contributed by atoms with van der Waals surface area (Å²) < 4.78 is 0. The Morgan fingerprint density at radius 1 is 1.25 bits per heavy atom. The van der Waals surface area contributed by atoms with Crippen molar-refractivity contribution in [1.29, 1.82) is 0 Å². The highest BCUT2D eigenvalue weighted by molar-refractivity contribution is 5.52. The van der Waals surface area contributed by atoms with Crippen LogP contribution in [0.5, 0.6) is 0 Å². The largest absolute Gasteiger partial charge is 0.382 e. The van der Waals surface area contributed by atoms with E-state index < -0.39 is 0 Å². The first kappa shape index (κ1) is 11.5. The van der Waals surface area contributed by atoms with Crippen LogP contribution in [0.4, 0.5) is 5.69 Å². The Kier molecular flexibility index (Phi) is 3.52. The van der Waals surface area contributed by atoms with Crippen LogP contribution in [0.25, 0.3) is 0 Å². The SMILES string of the molecule is CCc1ccccc1NC1CC(C(C)C)C1. The zero-order chi connectivity index (χ0) is 11.5. The number of anilines is 1. The maximum absolute atomic E-state index is 3.68. The normalized spacial score (nSPS) is 24.2. The molecule has 0 saturated heterocycles. The molecule has 88 valence electrons. The maximum Gasteiger partial charge on any atom is 0.0374 e. The fourth-order valence-corrected chi connectivity index (χ4v) is 2.51. The van der Waals surface area contributed by atoms with Crippen molar-refractivity contribution in [3.05, 3.63) is 29.8 Å². The molecule has 1 fully saturated rings. The van der Waals surface area contributed by atoms with Gasteiger partial charge in [0.05, 0.1) is 0 Å². The predicted molar refractivity (Wildman–Crippen MR) is 70.8 cm³/mol. The Bertz CT molecular complexity index is 337. The summed E-state index contributed by atoms with van der Waals surface area (Å²) in [4.78, 5) is 0. The Balaban J connectivity index is 1.91. The summed E-state index contributed by atoms with van der Waals surface area (Å²) in [7, 11) is 0. The molecule has 0 amide bonds. The van der Waals surface area contributed by atoms with E-state index in [9.17, 15) is 0 Å². The van der Waals surface area contributed by atoms with Gasteiger partial charge in [-0.1, -0.05) is 39.0 Å². The highest BCUT2D eigenvalue weighted by atomic mass is 14.9. The fourth-order valence-electron chi connectivity index (χ4n) is 2.51. The van der Waals surface area contributed by atoms with Crippen molar-refractivity contribution in [2.45, 2.75) is 46.1 Å². The number of hydrogen-bond donors (Lipinski definition) is 1. The summed E-state index contributed by atoms with van der Waals surface area (Å²) in [6.07, 6.45) is 3.80. The van der Waals surface area contributed by atoms with Crippen molar-refractivity contribution in [3.63, 3.8) is 0 Å². The molecule has 1 aromatic rings. The molecule has 2 rings (SSSR count). The molecule has 0 atom stereocenters. The van der Waals surface area contributed by atoms with Crippen LogP contribution >= 0.6 is 0 Å². The van der Waals surface area contributed by atoms with Gasteiger partial charge in [-0.15, -0.1) is 0 Å². The maximum atomic E-state index is 3.68. The minimum absolute atomic E-state index is 0.708. The van der Waals surface area contributed by atoms with Crippen LogP contribution in [0.2, 0.25) is 0 Å². The molecule has 0 heterocycles. The van der Waals surface area contributed by atoms with Crippen LogP contribution in [-0.2, 0) is 6.42 Å². The summed E-state index contributed by atoms with van der Waals surface area (Å²) in [5.74, 6) is 1.78. The molecule has 0 aromatic heterocycles. The molecule has 0 bridgehead atoms. The van der Waals surface area contributed by atoms with E-state index in [1.165, 1.54) is 24.1 Å². The molecule has 1 N–H and O–H groups in total. The average molecular weight is 217 g/mol. The van der Waals surface area contributed by atoms with E-state index in [2.05, 4.69) is 50.4 Å². The van der Waals surface area contributed by atoms with Crippen LogP contribution in [0.1, 0.15) is 39.2 Å². The first-order valence-corrected chi connectivity index (χ1v) is 6.55. The van der Waals surface area contributed by atoms with E-state index in [1.54, 1.807) is 0 Å². The lowest BCUT2D eigenvalue weighted by atomic mass is 9.73. The minimum Gasteiger partial charge on any atom is -0.382 e. The van der Waals surface area contributed by atoms with Crippen molar-refractivity contribution in [2.75, 3.05) is 5.32 Å². The number of nitrogens with one attached hydrogen (secondary N) is 1. The monoisotopic (exact) mass is 217 g/mol. The lowest BCUT2D eigenvalue weighted by Crippen LogP contribution is -2.38. The van der Waals surface area contributed by atoms with Crippen molar-refractivity contribution in [2.24, 2.45) is 11.8 Å². The van der Waals surface area contributed by atoms with Gasteiger partial charge >= 0.3 is 0 Å². The predicted octanol–water partition coefficient (Wildman–Crippen LogP) is 4.10. The molecular weight excluding hydrogens is 194 g/mol. The van der Waals surface area contributed by atoms with Crippen molar-refractivity contribution in [1.82, 2.24) is 0 Å². The lowest BCUT2D eigenvalue weighted by Gasteiger charge is -2.39. The molecule has 0 spiro atoms. The molecular formula is C15H23N. The number of para-hydroxylation sites is 1. The van der Waals surface area contributed by atoms with Crippen molar-refractivity contribution >= 4 is 5.69 Å². The van der Waals surface area contributed by atoms with E-state index in [1.807, 2.05) is 0 Å². The topological polar surface area (TPSA) is 12.0 Å². The van der Waals surface area contributed by atoms with E-state index in [0.29, 0.717) is 6.04 Å². The second kappa shape index (κ2) is 4.90. The molecule has 1 aromatic carbocycles. The third-order valence-electron chi connectivity index (χ3n) is 3.88. The first-order chi connectivity index (χ1) is 7.70. The standard InChI is InChI=1S/C15H23N/c1-4-12-7-5-6-8-15(12)16-14-9-13(10-14)11(2)3/h5-8,11,13-14,16H,4,9-10H2,1-3H3. The summed E-state index contributed by atoms with van der Waals surface area (Å²) in [5, 5.41) is 3.68. The van der Waals surface area contributed by atoms with Crippen LogP contribution in [0, 0.1) is 11.8 Å². The van der Waals surface area contributed by atoms with Gasteiger partial charge in [0.2, 0.25) is 0 Å². The van der Waals surface area contributed by atoms with Crippen LogP contribution in [0.15, 0.2) is 24.3 Å². The second-order valence-corrected chi connectivity index (χ2v) is 5.33. The van der Waals surface area contributed by atoms with Gasteiger partial charge in [-0.25, -0.2) is 0 Å². The third-order valence-corrected chi connectivity index (χ3v) is 3.88. The Hall–Kier alpha value is -0.980. The zero-order valence-corrected chi connectivity index (χ0v) is 10.7. The molecule has 16 heavy (non-hydrogen) atoms. The van der Waals surface area contributed by atoms with E-state index in [-0.39, 0.29) is 0 Å². The van der Waals surface area contributed by atoms with Crippen molar-refractivity contribution < 1.29 is 0 Å². The Labute approximate surface area is 99.3 Å². The van der Waals surface area contributed by atoms with Gasteiger partial charge in [0.1, 0.15) is 0 Å². The summed E-state index contributed by atoms with van der Waals surface area (Å²) in [6.45, 7) is 6.89. The smallest absolute Gasteiger partial charge is 0.0374 e. The molecule has 0 unspecified atom stereocenters. The first-order valence-electron chi connectivity index (χ1n) is 6.55. The van der Waals surface area contributed by atoms with Gasteiger partial charge in [0.25, 0.3) is 0 Å². The van der Waals surface area contributed by atoms with Crippen molar-refractivity contribution in [3.8, 4) is 0 Å². The van der Waals surface area contributed by atoms with Gasteiger partial charge in [0, 0.05) is 11.7 Å². The van der Waals surface area contributed by atoms with E-state index in [4.69, 9.17) is 0 Å². The lowest BCUT2D eigenvalue weighted by molar-refractivity contribution is 0.212. The molecule has 1 nitrogen and oxygen atoms in total. The van der Waals surface area contributed by atoms with Gasteiger partial charge in [-0.2, -0.15) is 0 Å². The van der Waals surface area contributed by atoms with Gasteiger partial charge in [0.15, 0.2) is 0 Å². The van der Waals surface area contributed by atoms with Gasteiger partial charge in [-0.3, -0.25) is 0 Å². The van der Waals surface area contributed by atoms with Gasteiger partial charge in [-0.05, 0) is 42.7 Å². The average Bonchev–Trinajstić information content (AvgIpc) is 2.22.